The number of carbonyl (C=O) groups excluding carboxylic acids is 1. The van der Waals surface area contributed by atoms with Crippen molar-refractivity contribution in [1.29, 1.82) is 0 Å². The fourth-order valence-corrected chi connectivity index (χ4v) is 2.59. The van der Waals surface area contributed by atoms with Crippen molar-refractivity contribution >= 4 is 5.78 Å². The molecule has 2 fully saturated rings. The molecule has 1 saturated carbocycles. The van der Waals surface area contributed by atoms with Crippen LogP contribution >= 0.6 is 0 Å². The van der Waals surface area contributed by atoms with Gasteiger partial charge in [-0.3, -0.25) is 9.69 Å². The lowest BCUT2D eigenvalue weighted by Gasteiger charge is -2.32. The Morgan fingerprint density at radius 2 is 2.00 bits per heavy atom. The van der Waals surface area contributed by atoms with Crippen molar-refractivity contribution in [2.75, 3.05) is 13.1 Å². The highest BCUT2D eigenvalue weighted by molar-refractivity contribution is 5.84. The largest absolute Gasteiger partial charge is 0.299 e. The Morgan fingerprint density at radius 3 is 2.54 bits per heavy atom. The van der Waals surface area contributed by atoms with Gasteiger partial charge in [0.05, 0.1) is 0 Å². The number of carbonyl (C=O) groups is 1. The van der Waals surface area contributed by atoms with E-state index < -0.39 is 0 Å². The van der Waals surface area contributed by atoms with E-state index in [2.05, 4.69) is 25.7 Å². The van der Waals surface area contributed by atoms with Gasteiger partial charge in [0, 0.05) is 31.0 Å². The van der Waals surface area contributed by atoms with Crippen LogP contribution in [0.25, 0.3) is 0 Å². The second kappa shape index (κ2) is 2.81. The molecule has 2 atom stereocenters. The van der Waals surface area contributed by atoms with Crippen LogP contribution in [0.5, 0.6) is 0 Å². The summed E-state index contributed by atoms with van der Waals surface area (Å²) >= 11 is 0. The number of fused-ring (bicyclic) bond motifs is 1. The third-order valence-corrected chi connectivity index (χ3v) is 3.56. The molecule has 13 heavy (non-hydrogen) atoms. The molecule has 2 nitrogen and oxygen atoms in total. The Kier molecular flexibility index (Phi) is 1.99. The van der Waals surface area contributed by atoms with Gasteiger partial charge in [-0.2, -0.15) is 0 Å². The van der Waals surface area contributed by atoms with E-state index in [0.29, 0.717) is 17.6 Å². The zero-order valence-corrected chi connectivity index (χ0v) is 8.84. The van der Waals surface area contributed by atoms with E-state index in [1.54, 1.807) is 0 Å². The molecule has 0 amide bonds. The molecule has 0 aromatic heterocycles. The quantitative estimate of drug-likeness (QED) is 0.567. The van der Waals surface area contributed by atoms with Crippen LogP contribution in [0.3, 0.4) is 0 Å². The van der Waals surface area contributed by atoms with Crippen LogP contribution in [-0.4, -0.2) is 29.3 Å². The standard InChI is InChI=1S/C11H19NO/c1-11(2,3)12-6-8-4-5-10(13)9(8)7-12/h8-9H,4-7H2,1-3H3/t8-,9+/m1/s1. The molecular formula is C11H19NO. The molecule has 74 valence electrons. The van der Waals surface area contributed by atoms with Crippen LogP contribution in [0.1, 0.15) is 33.6 Å². The Hall–Kier alpha value is -0.370. The van der Waals surface area contributed by atoms with Gasteiger partial charge in [0.15, 0.2) is 0 Å². The van der Waals surface area contributed by atoms with Gasteiger partial charge in [0.2, 0.25) is 0 Å². The molecule has 0 aromatic carbocycles. The maximum absolute atomic E-state index is 11.5. The summed E-state index contributed by atoms with van der Waals surface area (Å²) in [5, 5.41) is 0. The molecule has 0 N–H and O–H groups in total. The van der Waals surface area contributed by atoms with Crippen LogP contribution in [0.4, 0.5) is 0 Å². The van der Waals surface area contributed by atoms with Crippen molar-refractivity contribution in [3.63, 3.8) is 0 Å². The average molecular weight is 181 g/mol. The molecule has 1 aliphatic carbocycles. The molecule has 2 rings (SSSR count). The lowest BCUT2D eigenvalue weighted by Crippen LogP contribution is -2.40. The first-order valence-electron chi connectivity index (χ1n) is 5.26. The van der Waals surface area contributed by atoms with Crippen molar-refractivity contribution in [2.45, 2.75) is 39.2 Å². The normalized spacial score (nSPS) is 35.5. The van der Waals surface area contributed by atoms with Crippen molar-refractivity contribution in [1.82, 2.24) is 4.90 Å². The summed E-state index contributed by atoms with van der Waals surface area (Å²) in [4.78, 5) is 14.0. The minimum absolute atomic E-state index is 0.241. The summed E-state index contributed by atoms with van der Waals surface area (Å²) in [5.74, 6) is 1.56. The van der Waals surface area contributed by atoms with Gasteiger partial charge >= 0.3 is 0 Å². The van der Waals surface area contributed by atoms with E-state index in [4.69, 9.17) is 0 Å². The maximum Gasteiger partial charge on any atom is 0.137 e. The van der Waals surface area contributed by atoms with Crippen LogP contribution in [0, 0.1) is 11.8 Å². The minimum Gasteiger partial charge on any atom is -0.299 e. The second-order valence-electron chi connectivity index (χ2n) is 5.45. The van der Waals surface area contributed by atoms with Gasteiger partial charge in [-0.1, -0.05) is 0 Å². The first-order valence-corrected chi connectivity index (χ1v) is 5.26. The number of hydrogen-bond donors (Lipinski definition) is 0. The fourth-order valence-electron chi connectivity index (χ4n) is 2.59. The fraction of sp³-hybridized carbons (Fsp3) is 0.909. The molecule has 2 heteroatoms. The molecule has 0 unspecified atom stereocenters. The monoisotopic (exact) mass is 181 g/mol. The van der Waals surface area contributed by atoms with Crippen molar-refractivity contribution in [2.24, 2.45) is 11.8 Å². The topological polar surface area (TPSA) is 20.3 Å². The van der Waals surface area contributed by atoms with Gasteiger partial charge in [0.1, 0.15) is 5.78 Å². The van der Waals surface area contributed by atoms with E-state index in [0.717, 1.165) is 25.9 Å². The third-order valence-electron chi connectivity index (χ3n) is 3.56. The number of Topliss-reactive ketones (excluding diaryl/α,β-unsaturated/α-hetero) is 1. The molecule has 2 aliphatic rings. The van der Waals surface area contributed by atoms with E-state index in [1.165, 1.54) is 0 Å². The average Bonchev–Trinajstić information content (AvgIpc) is 2.51. The number of hydrogen-bond acceptors (Lipinski definition) is 2. The molecule has 1 aliphatic heterocycles. The van der Waals surface area contributed by atoms with E-state index in [-0.39, 0.29) is 5.54 Å². The number of nitrogens with zero attached hydrogens (tertiary/aromatic N) is 1. The van der Waals surface area contributed by atoms with Gasteiger partial charge in [-0.15, -0.1) is 0 Å². The lowest BCUT2D eigenvalue weighted by molar-refractivity contribution is -0.120. The first kappa shape index (κ1) is 9.20. The summed E-state index contributed by atoms with van der Waals surface area (Å²) in [7, 11) is 0. The molecule has 1 saturated heterocycles. The van der Waals surface area contributed by atoms with E-state index in [1.807, 2.05) is 0 Å². The smallest absolute Gasteiger partial charge is 0.137 e. The van der Waals surface area contributed by atoms with E-state index >= 15 is 0 Å². The molecule has 0 bridgehead atoms. The predicted molar refractivity (Wildman–Crippen MR) is 52.5 cm³/mol. The predicted octanol–water partition coefficient (Wildman–Crippen LogP) is 1.70. The van der Waals surface area contributed by atoms with Gasteiger partial charge < -0.3 is 0 Å². The molecule has 0 spiro atoms. The SMILES string of the molecule is CC(C)(C)N1C[C@H]2CCC(=O)[C@H]2C1. The number of ketones is 1. The number of rotatable bonds is 0. The molecule has 0 radical (unpaired) electrons. The highest BCUT2D eigenvalue weighted by Gasteiger charge is 2.44. The van der Waals surface area contributed by atoms with Gasteiger partial charge in [-0.05, 0) is 33.1 Å². The van der Waals surface area contributed by atoms with Crippen molar-refractivity contribution in [3.8, 4) is 0 Å². The zero-order valence-electron chi connectivity index (χ0n) is 8.84. The van der Waals surface area contributed by atoms with Crippen LogP contribution in [-0.2, 0) is 4.79 Å². The highest BCUT2D eigenvalue weighted by atomic mass is 16.1. The van der Waals surface area contributed by atoms with Crippen LogP contribution in [0.15, 0.2) is 0 Å². The summed E-state index contributed by atoms with van der Waals surface area (Å²) < 4.78 is 0. The Bertz CT molecular complexity index is 229. The first-order chi connectivity index (χ1) is 5.98. The zero-order chi connectivity index (χ0) is 9.64. The minimum atomic E-state index is 0.241. The van der Waals surface area contributed by atoms with Gasteiger partial charge in [0.25, 0.3) is 0 Å². The highest BCUT2D eigenvalue weighted by Crippen LogP contribution is 2.37. The molecular weight excluding hydrogens is 162 g/mol. The van der Waals surface area contributed by atoms with Crippen LogP contribution < -0.4 is 0 Å². The molecule has 1 heterocycles. The summed E-state index contributed by atoms with van der Waals surface area (Å²) in [5.41, 5.74) is 0.241. The lowest BCUT2D eigenvalue weighted by atomic mass is 10.0. The Labute approximate surface area is 80.3 Å². The van der Waals surface area contributed by atoms with E-state index in [9.17, 15) is 4.79 Å². The summed E-state index contributed by atoms with van der Waals surface area (Å²) in [6.07, 6.45) is 1.98. The second-order valence-corrected chi connectivity index (χ2v) is 5.45. The third kappa shape index (κ3) is 1.52. The summed E-state index contributed by atoms with van der Waals surface area (Å²) in [6, 6.07) is 0. The Balaban J connectivity index is 2.07. The van der Waals surface area contributed by atoms with Gasteiger partial charge in [-0.25, -0.2) is 0 Å². The maximum atomic E-state index is 11.5. The Morgan fingerprint density at radius 1 is 1.31 bits per heavy atom. The van der Waals surface area contributed by atoms with Crippen molar-refractivity contribution < 1.29 is 4.79 Å². The number of likely N-dealkylation sites (tertiary alicyclic amines) is 1. The molecule has 0 aromatic rings. The van der Waals surface area contributed by atoms with Crippen molar-refractivity contribution in [3.05, 3.63) is 0 Å². The van der Waals surface area contributed by atoms with Crippen LogP contribution in [0.2, 0.25) is 0 Å². The summed E-state index contributed by atoms with van der Waals surface area (Å²) in [6.45, 7) is 8.85.